The predicted octanol–water partition coefficient (Wildman–Crippen LogP) is 3.07. The summed E-state index contributed by atoms with van der Waals surface area (Å²) in [5.74, 6) is 0.110. The highest BCUT2D eigenvalue weighted by molar-refractivity contribution is 7.11. The molecule has 0 fully saturated rings. The van der Waals surface area contributed by atoms with E-state index in [9.17, 15) is 9.59 Å². The number of rotatable bonds is 3. The number of amides is 1. The van der Waals surface area contributed by atoms with Gasteiger partial charge in [0.1, 0.15) is 5.01 Å². The normalized spacial score (nSPS) is 13.7. The van der Waals surface area contributed by atoms with Crippen LogP contribution in [0, 0.1) is 13.8 Å². The second-order valence-corrected chi connectivity index (χ2v) is 6.56. The lowest BCUT2D eigenvalue weighted by Gasteiger charge is -2.17. The van der Waals surface area contributed by atoms with Gasteiger partial charge in [-0.15, -0.1) is 11.3 Å². The SMILES string of the molecule is Cc1nc(CC(=O)c2ccc3c(c2)CCC(=O)N3)sc1C. The zero-order valence-corrected chi connectivity index (χ0v) is 12.8. The number of hydrogen-bond donors (Lipinski definition) is 1. The highest BCUT2D eigenvalue weighted by atomic mass is 32.1. The maximum absolute atomic E-state index is 12.4. The number of benzene rings is 1. The fourth-order valence-electron chi connectivity index (χ4n) is 2.41. The molecule has 21 heavy (non-hydrogen) atoms. The Hall–Kier alpha value is -2.01. The first-order valence-electron chi connectivity index (χ1n) is 6.92. The fraction of sp³-hybridized carbons (Fsp3) is 0.312. The molecule has 2 heterocycles. The summed E-state index contributed by atoms with van der Waals surface area (Å²) in [6.45, 7) is 3.98. The molecule has 4 nitrogen and oxygen atoms in total. The zero-order chi connectivity index (χ0) is 15.0. The van der Waals surface area contributed by atoms with Gasteiger partial charge < -0.3 is 5.32 Å². The van der Waals surface area contributed by atoms with E-state index in [0.29, 0.717) is 24.8 Å². The first-order chi connectivity index (χ1) is 10.0. The average molecular weight is 300 g/mol. The molecule has 108 valence electrons. The number of hydrogen-bond acceptors (Lipinski definition) is 4. The van der Waals surface area contributed by atoms with Crippen LogP contribution < -0.4 is 5.32 Å². The number of aryl methyl sites for hydroxylation is 3. The van der Waals surface area contributed by atoms with Gasteiger partial charge in [0.05, 0.1) is 12.1 Å². The van der Waals surface area contributed by atoms with Crippen LogP contribution in [-0.2, 0) is 17.6 Å². The number of thiazole rings is 1. The molecule has 0 saturated heterocycles. The van der Waals surface area contributed by atoms with Crippen LogP contribution in [0.2, 0.25) is 0 Å². The second-order valence-electron chi connectivity index (χ2n) is 5.27. The summed E-state index contributed by atoms with van der Waals surface area (Å²) in [5, 5.41) is 3.69. The lowest BCUT2D eigenvalue weighted by atomic mass is 9.98. The van der Waals surface area contributed by atoms with E-state index in [-0.39, 0.29) is 11.7 Å². The van der Waals surface area contributed by atoms with Gasteiger partial charge in [-0.3, -0.25) is 9.59 Å². The molecule has 2 aromatic rings. The topological polar surface area (TPSA) is 59.1 Å². The summed E-state index contributed by atoms with van der Waals surface area (Å²) < 4.78 is 0. The quantitative estimate of drug-likeness (QED) is 0.886. The van der Waals surface area contributed by atoms with Gasteiger partial charge in [0.15, 0.2) is 5.78 Å². The second kappa shape index (κ2) is 5.41. The maximum Gasteiger partial charge on any atom is 0.224 e. The molecule has 1 aromatic carbocycles. The first-order valence-corrected chi connectivity index (χ1v) is 7.73. The molecule has 0 saturated carbocycles. The molecule has 0 aliphatic carbocycles. The minimum absolute atomic E-state index is 0.0373. The molecule has 5 heteroatoms. The van der Waals surface area contributed by atoms with E-state index in [0.717, 1.165) is 26.8 Å². The largest absolute Gasteiger partial charge is 0.326 e. The van der Waals surface area contributed by atoms with Crippen molar-refractivity contribution in [2.24, 2.45) is 0 Å². The molecular formula is C16H16N2O2S. The van der Waals surface area contributed by atoms with Crippen molar-refractivity contribution in [2.75, 3.05) is 5.32 Å². The number of Topliss-reactive ketones (excluding diaryl/α,β-unsaturated/α-hetero) is 1. The van der Waals surface area contributed by atoms with Gasteiger partial charge in [0.2, 0.25) is 5.91 Å². The summed E-state index contributed by atoms with van der Waals surface area (Å²) in [6, 6.07) is 5.49. The van der Waals surface area contributed by atoms with Gasteiger partial charge in [-0.05, 0) is 44.0 Å². The molecule has 0 spiro atoms. The van der Waals surface area contributed by atoms with Gasteiger partial charge in [0.25, 0.3) is 0 Å². The lowest BCUT2D eigenvalue weighted by Crippen LogP contribution is -2.19. The lowest BCUT2D eigenvalue weighted by molar-refractivity contribution is -0.116. The molecule has 3 rings (SSSR count). The Labute approximate surface area is 127 Å². The molecule has 0 atom stereocenters. The van der Waals surface area contributed by atoms with Crippen LogP contribution in [0.15, 0.2) is 18.2 Å². The van der Waals surface area contributed by atoms with E-state index in [1.165, 1.54) is 0 Å². The van der Waals surface area contributed by atoms with Gasteiger partial charge in [-0.1, -0.05) is 0 Å². The van der Waals surface area contributed by atoms with Gasteiger partial charge in [-0.2, -0.15) is 0 Å². The monoisotopic (exact) mass is 300 g/mol. The Balaban J connectivity index is 1.80. The highest BCUT2D eigenvalue weighted by Gasteiger charge is 2.17. The van der Waals surface area contributed by atoms with Crippen LogP contribution >= 0.6 is 11.3 Å². The van der Waals surface area contributed by atoms with Gasteiger partial charge in [-0.25, -0.2) is 4.98 Å². The van der Waals surface area contributed by atoms with Crippen molar-refractivity contribution in [3.8, 4) is 0 Å². The predicted molar refractivity (Wildman–Crippen MR) is 83.0 cm³/mol. The van der Waals surface area contributed by atoms with E-state index in [2.05, 4.69) is 10.3 Å². The van der Waals surface area contributed by atoms with Crippen LogP contribution in [0.3, 0.4) is 0 Å². The van der Waals surface area contributed by atoms with Gasteiger partial charge >= 0.3 is 0 Å². The molecule has 1 aromatic heterocycles. The summed E-state index contributed by atoms with van der Waals surface area (Å²) in [7, 11) is 0. The van der Waals surface area contributed by atoms with E-state index in [4.69, 9.17) is 0 Å². The number of aromatic nitrogens is 1. The number of nitrogens with one attached hydrogen (secondary N) is 1. The maximum atomic E-state index is 12.4. The third kappa shape index (κ3) is 2.88. The Bertz CT molecular complexity index is 714. The summed E-state index contributed by atoms with van der Waals surface area (Å²) in [5.41, 5.74) is 3.54. The van der Waals surface area contributed by atoms with Gasteiger partial charge in [0, 0.05) is 22.5 Å². The van der Waals surface area contributed by atoms with E-state index in [1.807, 2.05) is 26.0 Å². The highest BCUT2D eigenvalue weighted by Crippen LogP contribution is 2.25. The number of carbonyl (C=O) groups is 2. The number of nitrogens with zero attached hydrogens (tertiary/aromatic N) is 1. The van der Waals surface area contributed by atoms with Crippen molar-refractivity contribution in [2.45, 2.75) is 33.1 Å². The standard InChI is InChI=1S/C16H16N2O2S/c1-9-10(2)21-16(17-9)8-14(19)12-3-5-13-11(7-12)4-6-15(20)18-13/h3,5,7H,4,6,8H2,1-2H3,(H,18,20). The van der Waals surface area contributed by atoms with Crippen molar-refractivity contribution in [1.29, 1.82) is 0 Å². The van der Waals surface area contributed by atoms with E-state index in [1.54, 1.807) is 17.4 Å². The van der Waals surface area contributed by atoms with E-state index >= 15 is 0 Å². The fourth-order valence-corrected chi connectivity index (χ4v) is 3.34. The molecular weight excluding hydrogens is 284 g/mol. The molecule has 1 aliphatic rings. The summed E-state index contributed by atoms with van der Waals surface area (Å²) in [4.78, 5) is 29.3. The minimum atomic E-state index is 0.0373. The van der Waals surface area contributed by atoms with E-state index < -0.39 is 0 Å². The van der Waals surface area contributed by atoms with Crippen LogP contribution in [0.4, 0.5) is 5.69 Å². The molecule has 1 N–H and O–H groups in total. The molecule has 0 radical (unpaired) electrons. The Morgan fingerprint density at radius 1 is 1.33 bits per heavy atom. The number of fused-ring (bicyclic) bond motifs is 1. The Morgan fingerprint density at radius 3 is 2.86 bits per heavy atom. The average Bonchev–Trinajstić information content (AvgIpc) is 2.76. The van der Waals surface area contributed by atoms with Crippen molar-refractivity contribution < 1.29 is 9.59 Å². The zero-order valence-electron chi connectivity index (χ0n) is 12.0. The Kier molecular flexibility index (Phi) is 3.59. The van der Waals surface area contributed by atoms with Crippen LogP contribution in [0.25, 0.3) is 0 Å². The van der Waals surface area contributed by atoms with Crippen LogP contribution in [-0.4, -0.2) is 16.7 Å². The van der Waals surface area contributed by atoms with Crippen molar-refractivity contribution >= 4 is 28.7 Å². The number of ketones is 1. The smallest absolute Gasteiger partial charge is 0.224 e. The first kappa shape index (κ1) is 13.9. The Morgan fingerprint density at radius 2 is 2.14 bits per heavy atom. The minimum Gasteiger partial charge on any atom is -0.326 e. The molecule has 0 bridgehead atoms. The third-order valence-electron chi connectivity index (χ3n) is 3.71. The van der Waals surface area contributed by atoms with Crippen molar-refractivity contribution in [3.63, 3.8) is 0 Å². The summed E-state index contributed by atoms with van der Waals surface area (Å²) >= 11 is 1.58. The van der Waals surface area contributed by atoms with Crippen LogP contribution in [0.5, 0.6) is 0 Å². The third-order valence-corrected chi connectivity index (χ3v) is 4.78. The summed E-state index contributed by atoms with van der Waals surface area (Å²) in [6.07, 6.45) is 1.51. The van der Waals surface area contributed by atoms with Crippen molar-refractivity contribution in [3.05, 3.63) is 44.9 Å². The number of carbonyl (C=O) groups excluding carboxylic acids is 2. The molecule has 0 unspecified atom stereocenters. The van der Waals surface area contributed by atoms with Crippen molar-refractivity contribution in [1.82, 2.24) is 4.98 Å². The molecule has 1 amide bonds. The van der Waals surface area contributed by atoms with Crippen LogP contribution in [0.1, 0.15) is 37.9 Å². The number of anilines is 1. The molecule has 1 aliphatic heterocycles.